The van der Waals surface area contributed by atoms with Gasteiger partial charge in [0, 0.05) is 6.42 Å². The first-order valence-electron chi connectivity index (χ1n) is 2.86. The van der Waals surface area contributed by atoms with Crippen LogP contribution in [-0.2, 0) is 4.80 Å². The van der Waals surface area contributed by atoms with Crippen molar-refractivity contribution in [2.45, 2.75) is 25.4 Å². The smallest absolute Gasteiger partial charge is 0.368 e. The lowest BCUT2D eigenvalue weighted by atomic mass is 10.4. The predicted molar refractivity (Wildman–Crippen MR) is 34.2 cm³/mol. The van der Waals surface area contributed by atoms with E-state index in [0.29, 0.717) is 18.9 Å². The zero-order chi connectivity index (χ0) is 7.33. The second-order valence-corrected chi connectivity index (χ2v) is 5.04. The summed E-state index contributed by atoms with van der Waals surface area (Å²) in [5, 5.41) is 8.04. The van der Waals surface area contributed by atoms with Crippen molar-refractivity contribution in [2.75, 3.05) is 0 Å². The third-order valence-electron chi connectivity index (χ3n) is 0.929. The SMILES string of the molecule is C[Si]([O])(O)CCCC#N. The summed E-state index contributed by atoms with van der Waals surface area (Å²) in [4.78, 5) is 19.3. The molecule has 0 saturated carbocycles. The summed E-state index contributed by atoms with van der Waals surface area (Å²) in [6, 6.07) is 2.20. The van der Waals surface area contributed by atoms with E-state index >= 15 is 0 Å². The summed E-state index contributed by atoms with van der Waals surface area (Å²) in [5.74, 6) is 0. The van der Waals surface area contributed by atoms with Gasteiger partial charge in [-0.15, -0.1) is 0 Å². The Morgan fingerprint density at radius 2 is 2.33 bits per heavy atom. The molecule has 0 aliphatic carbocycles. The number of unbranched alkanes of at least 4 members (excludes halogenated alkanes) is 1. The molecule has 0 saturated heterocycles. The molecule has 0 aliphatic rings. The van der Waals surface area contributed by atoms with Crippen molar-refractivity contribution >= 4 is 8.56 Å². The number of hydrogen-bond acceptors (Lipinski definition) is 2. The molecule has 1 N–H and O–H groups in total. The van der Waals surface area contributed by atoms with Crippen LogP contribution < -0.4 is 0 Å². The summed E-state index contributed by atoms with van der Waals surface area (Å²) in [7, 11) is -3.10. The van der Waals surface area contributed by atoms with Gasteiger partial charge in [0.05, 0.1) is 6.07 Å². The fraction of sp³-hybridized carbons (Fsp3) is 0.800. The highest BCUT2D eigenvalue weighted by Gasteiger charge is 2.22. The molecule has 1 radical (unpaired) electrons. The molecule has 3 nitrogen and oxygen atoms in total. The van der Waals surface area contributed by atoms with Crippen molar-refractivity contribution in [1.29, 1.82) is 5.26 Å². The Morgan fingerprint density at radius 3 is 2.67 bits per heavy atom. The molecule has 0 rings (SSSR count). The second-order valence-electron chi connectivity index (χ2n) is 2.19. The van der Waals surface area contributed by atoms with Gasteiger partial charge in [-0.2, -0.15) is 5.26 Å². The van der Waals surface area contributed by atoms with Crippen LogP contribution in [0.15, 0.2) is 0 Å². The largest absolute Gasteiger partial charge is 0.409 e. The van der Waals surface area contributed by atoms with Crippen LogP contribution in [0.3, 0.4) is 0 Å². The average Bonchev–Trinajstić information content (AvgIpc) is 1.63. The van der Waals surface area contributed by atoms with Gasteiger partial charge in [0.15, 0.2) is 0 Å². The van der Waals surface area contributed by atoms with Crippen LogP contribution >= 0.6 is 0 Å². The summed E-state index contributed by atoms with van der Waals surface area (Å²) in [6.07, 6.45) is 0.921. The molecule has 0 spiro atoms. The quantitative estimate of drug-likeness (QED) is 0.470. The first-order valence-corrected chi connectivity index (χ1v) is 5.42. The highest BCUT2D eigenvalue weighted by atomic mass is 28.4. The van der Waals surface area contributed by atoms with Gasteiger partial charge < -0.3 is 4.80 Å². The summed E-state index contributed by atoms with van der Waals surface area (Å²) in [6.45, 7) is 1.34. The zero-order valence-corrected chi connectivity index (χ0v) is 6.42. The molecular formula is C5H10NO2Si. The van der Waals surface area contributed by atoms with Gasteiger partial charge in [-0.3, -0.25) is 4.80 Å². The van der Waals surface area contributed by atoms with E-state index in [-0.39, 0.29) is 0 Å². The minimum Gasteiger partial charge on any atom is -0.409 e. The molecule has 0 bridgehead atoms. The zero-order valence-electron chi connectivity index (χ0n) is 5.42. The average molecular weight is 144 g/mol. The Kier molecular flexibility index (Phi) is 3.46. The normalized spacial score (nSPS) is 10.9. The van der Waals surface area contributed by atoms with Gasteiger partial charge in [-0.1, -0.05) is 0 Å². The Balaban J connectivity index is 3.20. The van der Waals surface area contributed by atoms with Crippen molar-refractivity contribution < 1.29 is 9.59 Å². The van der Waals surface area contributed by atoms with E-state index in [0.717, 1.165) is 0 Å². The first kappa shape index (κ1) is 8.63. The lowest BCUT2D eigenvalue weighted by Gasteiger charge is -2.05. The van der Waals surface area contributed by atoms with Gasteiger partial charge in [-0.25, -0.2) is 0 Å². The highest BCUT2D eigenvalue weighted by Crippen LogP contribution is 2.06. The van der Waals surface area contributed by atoms with Crippen molar-refractivity contribution in [2.24, 2.45) is 0 Å². The Bertz CT molecular complexity index is 113. The maximum absolute atomic E-state index is 10.6. The molecule has 1 unspecified atom stereocenters. The van der Waals surface area contributed by atoms with Crippen LogP contribution in [-0.4, -0.2) is 13.4 Å². The van der Waals surface area contributed by atoms with E-state index < -0.39 is 8.56 Å². The molecule has 0 aromatic rings. The van der Waals surface area contributed by atoms with E-state index in [4.69, 9.17) is 10.1 Å². The summed E-state index contributed by atoms with van der Waals surface area (Å²) >= 11 is 0. The fourth-order valence-corrected chi connectivity index (χ4v) is 1.33. The Hall–Kier alpha value is -0.373. The lowest BCUT2D eigenvalue weighted by molar-refractivity contribution is 0.300. The summed E-state index contributed by atoms with van der Waals surface area (Å²) in [5.41, 5.74) is 0. The maximum atomic E-state index is 10.6. The molecule has 0 amide bonds. The molecule has 51 valence electrons. The standard InChI is InChI=1S/C5H10NO2Si/c1-9(7,8)5-3-2-4-6/h7H,2-3,5H2,1H3. The topological polar surface area (TPSA) is 63.9 Å². The predicted octanol–water partition coefficient (Wildman–Crippen LogP) is 0.785. The van der Waals surface area contributed by atoms with E-state index in [9.17, 15) is 4.80 Å². The van der Waals surface area contributed by atoms with Crippen LogP contribution in [0.5, 0.6) is 0 Å². The molecular weight excluding hydrogens is 134 g/mol. The van der Waals surface area contributed by atoms with Crippen LogP contribution in [0, 0.1) is 11.3 Å². The minimum atomic E-state index is -3.10. The summed E-state index contributed by atoms with van der Waals surface area (Å²) < 4.78 is 0. The Morgan fingerprint density at radius 1 is 1.78 bits per heavy atom. The van der Waals surface area contributed by atoms with E-state index in [2.05, 4.69) is 0 Å². The number of hydrogen-bond donors (Lipinski definition) is 1. The van der Waals surface area contributed by atoms with Crippen molar-refractivity contribution in [3.63, 3.8) is 0 Å². The van der Waals surface area contributed by atoms with E-state index in [1.165, 1.54) is 6.55 Å². The Labute approximate surface area is 55.8 Å². The first-order chi connectivity index (χ1) is 4.06. The molecule has 0 aromatic carbocycles. The number of rotatable bonds is 3. The van der Waals surface area contributed by atoms with Crippen LogP contribution in [0.4, 0.5) is 0 Å². The molecule has 0 fully saturated rings. The van der Waals surface area contributed by atoms with Crippen LogP contribution in [0.2, 0.25) is 12.6 Å². The van der Waals surface area contributed by atoms with Crippen LogP contribution in [0.25, 0.3) is 0 Å². The monoisotopic (exact) mass is 144 g/mol. The second kappa shape index (κ2) is 3.61. The molecule has 4 heteroatoms. The lowest BCUT2D eigenvalue weighted by Crippen LogP contribution is -2.27. The van der Waals surface area contributed by atoms with E-state index in [1.54, 1.807) is 0 Å². The third-order valence-corrected chi connectivity index (χ3v) is 2.21. The molecule has 9 heavy (non-hydrogen) atoms. The fourth-order valence-electron chi connectivity index (χ4n) is 0.495. The molecule has 0 aliphatic heterocycles. The van der Waals surface area contributed by atoms with Gasteiger partial charge in [0.1, 0.15) is 0 Å². The van der Waals surface area contributed by atoms with E-state index in [1.807, 2.05) is 6.07 Å². The minimum absolute atomic E-state index is 0.292. The van der Waals surface area contributed by atoms with Gasteiger partial charge in [0.25, 0.3) is 0 Å². The number of nitrogens with zero attached hydrogens (tertiary/aromatic N) is 1. The van der Waals surface area contributed by atoms with Gasteiger partial charge in [-0.05, 0) is 19.0 Å². The molecule has 1 atom stereocenters. The van der Waals surface area contributed by atoms with Crippen LogP contribution in [0.1, 0.15) is 12.8 Å². The maximum Gasteiger partial charge on any atom is 0.368 e. The van der Waals surface area contributed by atoms with Crippen molar-refractivity contribution in [3.05, 3.63) is 0 Å². The highest BCUT2D eigenvalue weighted by molar-refractivity contribution is 6.62. The number of nitriles is 1. The third kappa shape index (κ3) is 7.63. The molecule has 0 aromatic heterocycles. The van der Waals surface area contributed by atoms with Gasteiger partial charge in [0.2, 0.25) is 0 Å². The van der Waals surface area contributed by atoms with Crippen molar-refractivity contribution in [3.8, 4) is 6.07 Å². The van der Waals surface area contributed by atoms with Gasteiger partial charge >= 0.3 is 8.56 Å². The van der Waals surface area contributed by atoms with Crippen molar-refractivity contribution in [1.82, 2.24) is 0 Å². The molecule has 0 heterocycles.